The van der Waals surface area contributed by atoms with Gasteiger partial charge in [-0.1, -0.05) is 18.6 Å². The van der Waals surface area contributed by atoms with Crippen molar-refractivity contribution in [3.05, 3.63) is 42.2 Å². The van der Waals surface area contributed by atoms with Gasteiger partial charge in [-0.15, -0.1) is 0 Å². The summed E-state index contributed by atoms with van der Waals surface area (Å²) in [6.45, 7) is 0. The number of carbonyl (C=O) groups excluding carboxylic acids is 1. The largest absolute Gasteiger partial charge is 0.476 e. The number of amides is 1. The van der Waals surface area contributed by atoms with Crippen LogP contribution >= 0.6 is 0 Å². The van der Waals surface area contributed by atoms with Crippen LogP contribution in [0.1, 0.15) is 29.8 Å². The van der Waals surface area contributed by atoms with Crippen LogP contribution in [0, 0.1) is 5.92 Å². The van der Waals surface area contributed by atoms with Crippen LogP contribution in [-0.2, 0) is 4.79 Å². The van der Waals surface area contributed by atoms with Gasteiger partial charge in [-0.05, 0) is 31.0 Å². The first-order valence-corrected chi connectivity index (χ1v) is 6.84. The lowest BCUT2D eigenvalue weighted by atomic mass is 9.85. The number of anilines is 1. The van der Waals surface area contributed by atoms with Gasteiger partial charge in [0.05, 0.1) is 11.4 Å². The van der Waals surface area contributed by atoms with E-state index in [0.29, 0.717) is 11.4 Å². The van der Waals surface area contributed by atoms with Crippen molar-refractivity contribution in [2.75, 3.05) is 5.32 Å². The quantitative estimate of drug-likeness (QED) is 0.902. The lowest BCUT2D eigenvalue weighted by molar-refractivity contribution is -0.122. The van der Waals surface area contributed by atoms with E-state index in [1.807, 2.05) is 12.1 Å². The normalized spacial score (nSPS) is 14.5. The molecule has 6 nitrogen and oxygen atoms in total. The smallest absolute Gasteiger partial charge is 0.356 e. The average Bonchev–Trinajstić information content (AvgIpc) is 2.86. The van der Waals surface area contributed by atoms with Gasteiger partial charge in [-0.3, -0.25) is 4.79 Å². The Bertz CT molecular complexity index is 689. The Morgan fingerprint density at radius 2 is 2.00 bits per heavy atom. The van der Waals surface area contributed by atoms with Crippen LogP contribution in [0.2, 0.25) is 0 Å². The summed E-state index contributed by atoms with van der Waals surface area (Å²) in [6.07, 6.45) is 4.52. The third-order valence-electron chi connectivity index (χ3n) is 3.69. The number of hydrogen-bond acceptors (Lipinski definition) is 3. The Labute approximate surface area is 121 Å². The van der Waals surface area contributed by atoms with Crippen LogP contribution in [0.4, 0.5) is 5.69 Å². The molecular weight excluding hydrogens is 270 g/mol. The maximum absolute atomic E-state index is 12.1. The van der Waals surface area contributed by atoms with E-state index in [4.69, 9.17) is 5.11 Å². The highest BCUT2D eigenvalue weighted by Crippen LogP contribution is 2.28. The van der Waals surface area contributed by atoms with E-state index in [2.05, 4.69) is 10.4 Å². The molecule has 6 heteroatoms. The maximum Gasteiger partial charge on any atom is 0.356 e. The van der Waals surface area contributed by atoms with Crippen LogP contribution in [-0.4, -0.2) is 26.8 Å². The third kappa shape index (κ3) is 2.65. The molecule has 1 heterocycles. The second-order valence-electron chi connectivity index (χ2n) is 5.08. The summed E-state index contributed by atoms with van der Waals surface area (Å²) in [4.78, 5) is 23.0. The Morgan fingerprint density at radius 1 is 1.24 bits per heavy atom. The Kier molecular flexibility index (Phi) is 3.43. The van der Waals surface area contributed by atoms with E-state index in [1.165, 1.54) is 10.7 Å². The summed E-state index contributed by atoms with van der Waals surface area (Å²) in [5.74, 6) is -0.977. The van der Waals surface area contributed by atoms with E-state index in [1.54, 1.807) is 18.3 Å². The fraction of sp³-hybridized carbons (Fsp3) is 0.267. The number of carboxylic acids is 1. The van der Waals surface area contributed by atoms with Gasteiger partial charge < -0.3 is 10.4 Å². The molecule has 2 N–H and O–H groups in total. The van der Waals surface area contributed by atoms with Crippen LogP contribution in [0.5, 0.6) is 0 Å². The van der Waals surface area contributed by atoms with Gasteiger partial charge >= 0.3 is 5.97 Å². The summed E-state index contributed by atoms with van der Waals surface area (Å²) in [5.41, 5.74) is 1.25. The first-order chi connectivity index (χ1) is 10.1. The maximum atomic E-state index is 12.1. The second-order valence-corrected chi connectivity index (χ2v) is 5.08. The monoisotopic (exact) mass is 285 g/mol. The van der Waals surface area contributed by atoms with Gasteiger partial charge in [0.1, 0.15) is 0 Å². The summed E-state index contributed by atoms with van der Waals surface area (Å²) < 4.78 is 1.46. The zero-order chi connectivity index (χ0) is 14.8. The molecule has 0 bridgehead atoms. The third-order valence-corrected chi connectivity index (χ3v) is 3.69. The number of nitrogens with zero attached hydrogens (tertiary/aromatic N) is 2. The van der Waals surface area contributed by atoms with E-state index in [0.717, 1.165) is 19.3 Å². The predicted molar refractivity (Wildman–Crippen MR) is 76.5 cm³/mol. The number of hydrogen-bond donors (Lipinski definition) is 2. The lowest BCUT2D eigenvalue weighted by Gasteiger charge is -2.24. The minimum atomic E-state index is -1.08. The van der Waals surface area contributed by atoms with Crippen molar-refractivity contribution < 1.29 is 14.7 Å². The summed E-state index contributed by atoms with van der Waals surface area (Å²) >= 11 is 0. The zero-order valence-electron chi connectivity index (χ0n) is 11.3. The highest BCUT2D eigenvalue weighted by Gasteiger charge is 2.25. The number of rotatable bonds is 4. The van der Waals surface area contributed by atoms with Crippen LogP contribution in [0.15, 0.2) is 36.5 Å². The van der Waals surface area contributed by atoms with Crippen molar-refractivity contribution in [3.63, 3.8) is 0 Å². The topological polar surface area (TPSA) is 84.2 Å². The summed E-state index contributed by atoms with van der Waals surface area (Å²) in [5, 5.41) is 15.8. The molecule has 0 atom stereocenters. The molecule has 2 aromatic rings. The molecule has 0 unspecified atom stereocenters. The first kappa shape index (κ1) is 13.4. The van der Waals surface area contributed by atoms with Gasteiger partial charge in [0.15, 0.2) is 5.69 Å². The Hall–Kier alpha value is -2.63. The molecule has 1 saturated carbocycles. The predicted octanol–water partition coefficient (Wildman–Crippen LogP) is 2.31. The zero-order valence-corrected chi connectivity index (χ0v) is 11.3. The second kappa shape index (κ2) is 5.40. The fourth-order valence-electron chi connectivity index (χ4n) is 2.26. The molecule has 1 aromatic carbocycles. The van der Waals surface area contributed by atoms with Crippen molar-refractivity contribution in [3.8, 4) is 5.69 Å². The van der Waals surface area contributed by atoms with Gasteiger partial charge in [-0.25, -0.2) is 9.48 Å². The molecule has 108 valence electrons. The number of carboxylic acid groups (broad SMARTS) is 1. The van der Waals surface area contributed by atoms with Crippen molar-refractivity contribution >= 4 is 17.6 Å². The van der Waals surface area contributed by atoms with Crippen LogP contribution < -0.4 is 5.32 Å². The Balaban J connectivity index is 1.87. The van der Waals surface area contributed by atoms with E-state index in [-0.39, 0.29) is 17.5 Å². The standard InChI is InChI=1S/C15H15N3O3/c19-14(10-4-3-5-10)16-11-6-1-2-7-13(11)18-9-8-12(17-18)15(20)21/h1-2,6-10H,3-5H2,(H,16,19)(H,20,21). The highest BCUT2D eigenvalue weighted by molar-refractivity contribution is 5.95. The Morgan fingerprint density at radius 3 is 2.62 bits per heavy atom. The van der Waals surface area contributed by atoms with Gasteiger partial charge in [0.2, 0.25) is 5.91 Å². The molecule has 21 heavy (non-hydrogen) atoms. The molecule has 0 spiro atoms. The van der Waals surface area contributed by atoms with Crippen molar-refractivity contribution in [1.29, 1.82) is 0 Å². The first-order valence-electron chi connectivity index (χ1n) is 6.84. The van der Waals surface area contributed by atoms with Gasteiger partial charge in [0, 0.05) is 12.1 Å². The van der Waals surface area contributed by atoms with Crippen LogP contribution in [0.25, 0.3) is 5.69 Å². The summed E-state index contributed by atoms with van der Waals surface area (Å²) in [6, 6.07) is 8.63. The molecule has 1 fully saturated rings. The lowest BCUT2D eigenvalue weighted by Crippen LogP contribution is -2.28. The molecule has 0 radical (unpaired) electrons. The number of para-hydroxylation sites is 2. The number of aromatic carboxylic acids is 1. The minimum Gasteiger partial charge on any atom is -0.476 e. The van der Waals surface area contributed by atoms with Crippen molar-refractivity contribution in [2.24, 2.45) is 5.92 Å². The molecule has 1 aliphatic carbocycles. The highest BCUT2D eigenvalue weighted by atomic mass is 16.4. The molecule has 0 aliphatic heterocycles. The molecular formula is C15H15N3O3. The minimum absolute atomic E-state index is 0.0133. The van der Waals surface area contributed by atoms with Crippen LogP contribution in [0.3, 0.4) is 0 Å². The molecule has 0 saturated heterocycles. The van der Waals surface area contributed by atoms with Crippen molar-refractivity contribution in [2.45, 2.75) is 19.3 Å². The number of benzene rings is 1. The van der Waals surface area contributed by atoms with Gasteiger partial charge in [-0.2, -0.15) is 5.10 Å². The molecule has 3 rings (SSSR count). The molecule has 1 aromatic heterocycles. The summed E-state index contributed by atoms with van der Waals surface area (Å²) in [7, 11) is 0. The number of carbonyl (C=O) groups is 2. The van der Waals surface area contributed by atoms with E-state index in [9.17, 15) is 9.59 Å². The van der Waals surface area contributed by atoms with Gasteiger partial charge in [0.25, 0.3) is 0 Å². The molecule has 1 amide bonds. The van der Waals surface area contributed by atoms with Crippen molar-refractivity contribution in [1.82, 2.24) is 9.78 Å². The molecule has 1 aliphatic rings. The fourth-order valence-corrected chi connectivity index (χ4v) is 2.26. The van der Waals surface area contributed by atoms with E-state index < -0.39 is 5.97 Å². The average molecular weight is 285 g/mol. The van der Waals surface area contributed by atoms with E-state index >= 15 is 0 Å². The number of aromatic nitrogens is 2. The SMILES string of the molecule is O=C(O)c1ccn(-c2ccccc2NC(=O)C2CCC2)n1. The number of nitrogens with one attached hydrogen (secondary N) is 1.